The van der Waals surface area contributed by atoms with E-state index in [0.29, 0.717) is 5.88 Å². The van der Waals surface area contributed by atoms with Crippen LogP contribution in [0.2, 0.25) is 0 Å². The number of ether oxygens (including phenoxy) is 1. The molecule has 2 aromatic rings. The first kappa shape index (κ1) is 11.3. The standard InChI is InChI=1S/C14H16N2O2/c1-9-4-6-10(7-5-9)12-13(16-18-14(12)15)11-3-2-8-17-11/h4-7,11H,2-3,8,15H2,1H3. The lowest BCUT2D eigenvalue weighted by Crippen LogP contribution is -1.99. The number of benzene rings is 1. The Morgan fingerprint density at radius 1 is 1.28 bits per heavy atom. The molecule has 4 nitrogen and oxygen atoms in total. The molecule has 0 radical (unpaired) electrons. The predicted molar refractivity (Wildman–Crippen MR) is 69.0 cm³/mol. The molecule has 1 aromatic carbocycles. The molecule has 0 amide bonds. The fourth-order valence-electron chi connectivity index (χ4n) is 2.34. The van der Waals surface area contributed by atoms with Crippen molar-refractivity contribution in [1.29, 1.82) is 0 Å². The van der Waals surface area contributed by atoms with Gasteiger partial charge in [0.2, 0.25) is 5.88 Å². The van der Waals surface area contributed by atoms with Crippen LogP contribution in [0.3, 0.4) is 0 Å². The zero-order valence-corrected chi connectivity index (χ0v) is 10.3. The molecule has 1 atom stereocenters. The average molecular weight is 244 g/mol. The van der Waals surface area contributed by atoms with Crippen LogP contribution in [0.4, 0.5) is 5.88 Å². The van der Waals surface area contributed by atoms with Gasteiger partial charge in [0.15, 0.2) is 0 Å². The maximum Gasteiger partial charge on any atom is 0.230 e. The molecule has 18 heavy (non-hydrogen) atoms. The number of hydrogen-bond donors (Lipinski definition) is 1. The molecule has 4 heteroatoms. The smallest absolute Gasteiger partial charge is 0.230 e. The second-order valence-electron chi connectivity index (χ2n) is 4.67. The molecule has 0 saturated carbocycles. The van der Waals surface area contributed by atoms with Crippen LogP contribution in [0.5, 0.6) is 0 Å². The Balaban J connectivity index is 2.04. The van der Waals surface area contributed by atoms with Gasteiger partial charge in [-0.25, -0.2) is 0 Å². The fourth-order valence-corrected chi connectivity index (χ4v) is 2.34. The Bertz CT molecular complexity index is 539. The number of nitrogen functional groups attached to an aromatic ring is 1. The molecule has 1 fully saturated rings. The number of hydrogen-bond acceptors (Lipinski definition) is 4. The van der Waals surface area contributed by atoms with Crippen LogP contribution < -0.4 is 5.73 Å². The van der Waals surface area contributed by atoms with Crippen LogP contribution in [-0.2, 0) is 4.74 Å². The zero-order chi connectivity index (χ0) is 12.5. The summed E-state index contributed by atoms with van der Waals surface area (Å²) in [6, 6.07) is 8.19. The minimum atomic E-state index is 0.0161. The van der Waals surface area contributed by atoms with Gasteiger partial charge < -0.3 is 15.0 Å². The highest BCUT2D eigenvalue weighted by Gasteiger charge is 2.27. The Kier molecular flexibility index (Phi) is 2.80. The molecule has 2 N–H and O–H groups in total. The van der Waals surface area contributed by atoms with Gasteiger partial charge in [-0.15, -0.1) is 0 Å². The fraction of sp³-hybridized carbons (Fsp3) is 0.357. The molecular weight excluding hydrogens is 228 g/mol. The van der Waals surface area contributed by atoms with Crippen LogP contribution in [0.25, 0.3) is 11.1 Å². The maximum atomic E-state index is 5.89. The van der Waals surface area contributed by atoms with Crippen molar-refractivity contribution in [3.05, 3.63) is 35.5 Å². The molecule has 0 bridgehead atoms. The van der Waals surface area contributed by atoms with Crippen molar-refractivity contribution in [2.45, 2.75) is 25.9 Å². The van der Waals surface area contributed by atoms with Crippen molar-refractivity contribution >= 4 is 5.88 Å². The van der Waals surface area contributed by atoms with Crippen molar-refractivity contribution in [3.8, 4) is 11.1 Å². The molecule has 1 aliphatic rings. The molecule has 1 unspecified atom stereocenters. The minimum Gasteiger partial charge on any atom is -0.372 e. The summed E-state index contributed by atoms with van der Waals surface area (Å²) in [5.41, 5.74) is 9.85. The summed E-state index contributed by atoms with van der Waals surface area (Å²) in [6.07, 6.45) is 2.05. The van der Waals surface area contributed by atoms with Crippen molar-refractivity contribution in [2.24, 2.45) is 0 Å². The number of nitrogens with two attached hydrogens (primary N) is 1. The quantitative estimate of drug-likeness (QED) is 0.881. The van der Waals surface area contributed by atoms with Gasteiger partial charge in [0.25, 0.3) is 0 Å². The minimum absolute atomic E-state index is 0.0161. The molecule has 3 rings (SSSR count). The van der Waals surface area contributed by atoms with Gasteiger partial charge in [0.1, 0.15) is 11.8 Å². The summed E-state index contributed by atoms with van der Waals surface area (Å²) >= 11 is 0. The van der Waals surface area contributed by atoms with E-state index in [-0.39, 0.29) is 6.10 Å². The molecule has 1 aromatic heterocycles. The summed E-state index contributed by atoms with van der Waals surface area (Å²) in [6.45, 7) is 2.84. The Hall–Kier alpha value is -1.81. The molecule has 0 aliphatic carbocycles. The summed E-state index contributed by atoms with van der Waals surface area (Å²) in [5.74, 6) is 0.365. The number of anilines is 1. The van der Waals surface area contributed by atoms with Crippen LogP contribution in [0.15, 0.2) is 28.8 Å². The largest absolute Gasteiger partial charge is 0.372 e. The number of aryl methyl sites for hydroxylation is 1. The van der Waals surface area contributed by atoms with Crippen LogP contribution in [-0.4, -0.2) is 11.8 Å². The monoisotopic (exact) mass is 244 g/mol. The van der Waals surface area contributed by atoms with E-state index in [1.165, 1.54) is 5.56 Å². The molecule has 94 valence electrons. The van der Waals surface area contributed by atoms with Gasteiger partial charge in [0.05, 0.1) is 5.56 Å². The molecule has 2 heterocycles. The topological polar surface area (TPSA) is 61.3 Å². The van der Waals surface area contributed by atoms with E-state index in [1.54, 1.807) is 0 Å². The van der Waals surface area contributed by atoms with Gasteiger partial charge in [-0.05, 0) is 25.3 Å². The molecule has 1 aliphatic heterocycles. The highest BCUT2D eigenvalue weighted by Crippen LogP contribution is 2.38. The van der Waals surface area contributed by atoms with Crippen molar-refractivity contribution in [3.63, 3.8) is 0 Å². The van der Waals surface area contributed by atoms with E-state index in [4.69, 9.17) is 15.0 Å². The Morgan fingerprint density at radius 2 is 2.06 bits per heavy atom. The highest BCUT2D eigenvalue weighted by molar-refractivity contribution is 5.75. The highest BCUT2D eigenvalue weighted by atomic mass is 16.5. The van der Waals surface area contributed by atoms with E-state index >= 15 is 0 Å². The van der Waals surface area contributed by atoms with Gasteiger partial charge in [-0.3, -0.25) is 0 Å². The van der Waals surface area contributed by atoms with E-state index in [2.05, 4.69) is 24.2 Å². The van der Waals surface area contributed by atoms with Crippen LogP contribution in [0.1, 0.15) is 30.2 Å². The molecule has 0 spiro atoms. The van der Waals surface area contributed by atoms with E-state index < -0.39 is 0 Å². The summed E-state index contributed by atoms with van der Waals surface area (Å²) in [7, 11) is 0. The summed E-state index contributed by atoms with van der Waals surface area (Å²) < 4.78 is 10.8. The third-order valence-corrected chi connectivity index (χ3v) is 3.32. The van der Waals surface area contributed by atoms with E-state index in [1.807, 2.05) is 12.1 Å². The lowest BCUT2D eigenvalue weighted by molar-refractivity contribution is 0.106. The SMILES string of the molecule is Cc1ccc(-c2c(C3CCCO3)noc2N)cc1. The van der Waals surface area contributed by atoms with Crippen LogP contribution in [0, 0.1) is 6.92 Å². The van der Waals surface area contributed by atoms with Crippen molar-refractivity contribution < 1.29 is 9.26 Å². The lowest BCUT2D eigenvalue weighted by Gasteiger charge is -2.08. The zero-order valence-electron chi connectivity index (χ0n) is 10.3. The third kappa shape index (κ3) is 1.88. The third-order valence-electron chi connectivity index (χ3n) is 3.32. The lowest BCUT2D eigenvalue weighted by atomic mass is 10.0. The second-order valence-corrected chi connectivity index (χ2v) is 4.67. The average Bonchev–Trinajstić information content (AvgIpc) is 2.99. The van der Waals surface area contributed by atoms with Gasteiger partial charge in [0, 0.05) is 6.61 Å². The maximum absolute atomic E-state index is 5.89. The number of rotatable bonds is 2. The van der Waals surface area contributed by atoms with E-state index in [0.717, 1.165) is 36.3 Å². The first-order valence-electron chi connectivity index (χ1n) is 6.19. The number of aromatic nitrogens is 1. The van der Waals surface area contributed by atoms with Crippen molar-refractivity contribution in [2.75, 3.05) is 12.3 Å². The summed E-state index contributed by atoms with van der Waals surface area (Å²) in [4.78, 5) is 0. The first-order valence-corrected chi connectivity index (χ1v) is 6.19. The van der Waals surface area contributed by atoms with Crippen molar-refractivity contribution in [1.82, 2.24) is 5.16 Å². The van der Waals surface area contributed by atoms with Gasteiger partial charge in [-0.1, -0.05) is 35.0 Å². The molecule has 1 saturated heterocycles. The normalized spacial score (nSPS) is 19.3. The van der Waals surface area contributed by atoms with Gasteiger partial charge in [-0.2, -0.15) is 0 Å². The Morgan fingerprint density at radius 3 is 2.72 bits per heavy atom. The van der Waals surface area contributed by atoms with Crippen LogP contribution >= 0.6 is 0 Å². The first-order chi connectivity index (χ1) is 8.75. The Labute approximate surface area is 106 Å². The predicted octanol–water partition coefficient (Wildman–Crippen LogP) is 3.08. The number of nitrogens with zero attached hydrogens (tertiary/aromatic N) is 1. The van der Waals surface area contributed by atoms with Gasteiger partial charge >= 0.3 is 0 Å². The molecular formula is C14H16N2O2. The second kappa shape index (κ2) is 4.46. The van der Waals surface area contributed by atoms with E-state index in [9.17, 15) is 0 Å². The summed E-state index contributed by atoms with van der Waals surface area (Å²) in [5, 5.41) is 4.07.